The number of hydrogen-bond donors (Lipinski definition) is 0. The number of thiazole rings is 1. The lowest BCUT2D eigenvalue weighted by atomic mass is 10.2. The molecule has 5 nitrogen and oxygen atoms in total. The van der Waals surface area contributed by atoms with E-state index in [-0.39, 0.29) is 12.6 Å². The molecule has 3 aromatic heterocycles. The smallest absolute Gasteiger partial charge is 0.338 e. The minimum absolute atomic E-state index is 0.0774. The molecular weight excluding hydrogens is 400 g/mol. The Morgan fingerprint density at radius 1 is 1.19 bits per heavy atom. The summed E-state index contributed by atoms with van der Waals surface area (Å²) in [6.45, 7) is 0.0774. The molecule has 0 atom stereocenters. The number of carbonyl (C=O) groups is 1. The summed E-state index contributed by atoms with van der Waals surface area (Å²) < 4.78 is 10.8. The Morgan fingerprint density at radius 2 is 2.07 bits per heavy atom. The van der Waals surface area contributed by atoms with Crippen LogP contribution in [0.2, 0.25) is 0 Å². The van der Waals surface area contributed by atoms with E-state index >= 15 is 0 Å². The highest BCUT2D eigenvalue weighted by Gasteiger charge is 2.11. The van der Waals surface area contributed by atoms with Gasteiger partial charge in [0.25, 0.3) is 0 Å². The molecule has 4 rings (SSSR count). The van der Waals surface area contributed by atoms with Gasteiger partial charge in [-0.3, -0.25) is 0 Å². The molecule has 0 saturated carbocycles. The van der Waals surface area contributed by atoms with Crippen LogP contribution in [0.25, 0.3) is 10.8 Å². The van der Waals surface area contributed by atoms with Crippen LogP contribution in [0.4, 0.5) is 0 Å². The second-order valence-electron chi connectivity index (χ2n) is 5.49. The van der Waals surface area contributed by atoms with Crippen molar-refractivity contribution in [1.29, 1.82) is 0 Å². The average Bonchev–Trinajstić information content (AvgIpc) is 3.47. The minimum atomic E-state index is -0.383. The third-order valence-corrected chi connectivity index (χ3v) is 6.13. The van der Waals surface area contributed by atoms with Gasteiger partial charge < -0.3 is 9.15 Å². The average molecular weight is 415 g/mol. The van der Waals surface area contributed by atoms with Crippen molar-refractivity contribution in [2.45, 2.75) is 17.3 Å². The molecule has 0 N–H and O–H groups in total. The Kier molecular flexibility index (Phi) is 5.66. The molecule has 0 fully saturated rings. The SMILES string of the molecule is O=C(OCc1coc(-c2cccs2)n1)c1ccc(SCc2cscn2)cc1. The lowest BCUT2D eigenvalue weighted by molar-refractivity contribution is 0.0467. The first-order valence-corrected chi connectivity index (χ1v) is 10.8. The molecule has 0 aliphatic heterocycles. The van der Waals surface area contributed by atoms with Gasteiger partial charge in [-0.25, -0.2) is 14.8 Å². The van der Waals surface area contributed by atoms with Gasteiger partial charge >= 0.3 is 5.97 Å². The second kappa shape index (κ2) is 8.51. The summed E-state index contributed by atoms with van der Waals surface area (Å²) in [5, 5.41) is 3.99. The van der Waals surface area contributed by atoms with Crippen molar-refractivity contribution in [3.05, 3.63) is 75.9 Å². The first kappa shape index (κ1) is 18.0. The molecule has 8 heteroatoms. The van der Waals surface area contributed by atoms with Gasteiger partial charge in [-0.1, -0.05) is 6.07 Å². The van der Waals surface area contributed by atoms with Gasteiger partial charge in [0, 0.05) is 16.0 Å². The summed E-state index contributed by atoms with van der Waals surface area (Å²) in [5.74, 6) is 0.968. The van der Waals surface area contributed by atoms with Gasteiger partial charge in [0.1, 0.15) is 18.6 Å². The molecule has 0 spiro atoms. The van der Waals surface area contributed by atoms with Crippen molar-refractivity contribution < 1.29 is 13.9 Å². The molecule has 0 aliphatic carbocycles. The Hall–Kier alpha value is -2.42. The van der Waals surface area contributed by atoms with Crippen LogP contribution in [-0.4, -0.2) is 15.9 Å². The van der Waals surface area contributed by atoms with Crippen molar-refractivity contribution in [3.63, 3.8) is 0 Å². The monoisotopic (exact) mass is 414 g/mol. The molecule has 0 aliphatic rings. The van der Waals surface area contributed by atoms with Crippen LogP contribution in [0.1, 0.15) is 21.7 Å². The predicted molar refractivity (Wildman–Crippen MR) is 107 cm³/mol. The second-order valence-corrected chi connectivity index (χ2v) is 8.21. The fourth-order valence-electron chi connectivity index (χ4n) is 2.26. The van der Waals surface area contributed by atoms with E-state index in [1.807, 2.05) is 40.5 Å². The number of thioether (sulfide) groups is 1. The summed E-state index contributed by atoms with van der Waals surface area (Å²) in [6, 6.07) is 11.2. The molecule has 1 aromatic carbocycles. The molecule has 136 valence electrons. The van der Waals surface area contributed by atoms with Crippen LogP contribution in [0.5, 0.6) is 0 Å². The van der Waals surface area contributed by atoms with E-state index in [4.69, 9.17) is 9.15 Å². The zero-order valence-corrected chi connectivity index (χ0v) is 16.5. The van der Waals surface area contributed by atoms with E-state index < -0.39 is 0 Å². The van der Waals surface area contributed by atoms with Gasteiger partial charge in [-0.15, -0.1) is 34.4 Å². The maximum Gasteiger partial charge on any atom is 0.338 e. The maximum absolute atomic E-state index is 12.2. The number of thiophene rings is 1. The van der Waals surface area contributed by atoms with E-state index in [1.165, 1.54) is 6.26 Å². The molecule has 0 unspecified atom stereocenters. The number of oxazole rings is 1. The first-order chi connectivity index (χ1) is 13.3. The number of carbonyl (C=O) groups excluding carboxylic acids is 1. The summed E-state index contributed by atoms with van der Waals surface area (Å²) in [7, 11) is 0. The van der Waals surface area contributed by atoms with Crippen LogP contribution in [0.3, 0.4) is 0 Å². The molecule has 0 amide bonds. The van der Waals surface area contributed by atoms with Crippen molar-refractivity contribution in [2.24, 2.45) is 0 Å². The van der Waals surface area contributed by atoms with Gasteiger partial charge in [0.2, 0.25) is 5.89 Å². The number of ether oxygens (including phenoxy) is 1. The van der Waals surface area contributed by atoms with Gasteiger partial charge in [0.05, 0.1) is 21.6 Å². The number of nitrogens with zero attached hydrogens (tertiary/aromatic N) is 2. The maximum atomic E-state index is 12.2. The van der Waals surface area contributed by atoms with Crippen molar-refractivity contribution in [2.75, 3.05) is 0 Å². The highest BCUT2D eigenvalue weighted by Crippen LogP contribution is 2.25. The number of hydrogen-bond acceptors (Lipinski definition) is 8. The first-order valence-electron chi connectivity index (χ1n) is 8.03. The molecule has 4 aromatic rings. The quantitative estimate of drug-likeness (QED) is 0.293. The topological polar surface area (TPSA) is 65.2 Å². The Balaban J connectivity index is 1.30. The lowest BCUT2D eigenvalue weighted by Crippen LogP contribution is -2.05. The third kappa shape index (κ3) is 4.65. The van der Waals surface area contributed by atoms with E-state index in [1.54, 1.807) is 46.6 Å². The van der Waals surface area contributed by atoms with Crippen LogP contribution in [-0.2, 0) is 17.1 Å². The van der Waals surface area contributed by atoms with Gasteiger partial charge in [-0.2, -0.15) is 0 Å². The largest absolute Gasteiger partial charge is 0.455 e. The number of rotatable bonds is 7. The summed E-state index contributed by atoms with van der Waals surface area (Å²) in [5.41, 5.74) is 3.98. The molecule has 0 radical (unpaired) electrons. The summed E-state index contributed by atoms with van der Waals surface area (Å²) >= 11 is 4.81. The molecule has 3 heterocycles. The van der Waals surface area contributed by atoms with Crippen LogP contribution >= 0.6 is 34.4 Å². The van der Waals surface area contributed by atoms with Crippen LogP contribution in [0, 0.1) is 0 Å². The Labute approximate surface area is 168 Å². The van der Waals surface area contributed by atoms with Crippen LogP contribution < -0.4 is 0 Å². The zero-order chi connectivity index (χ0) is 18.5. The zero-order valence-electron chi connectivity index (χ0n) is 14.0. The van der Waals surface area contributed by atoms with Crippen molar-refractivity contribution in [3.8, 4) is 10.8 Å². The normalized spacial score (nSPS) is 10.8. The molecule has 27 heavy (non-hydrogen) atoms. The minimum Gasteiger partial charge on any atom is -0.455 e. The number of aromatic nitrogens is 2. The number of esters is 1. The molecular formula is C19H14N2O3S3. The Morgan fingerprint density at radius 3 is 2.81 bits per heavy atom. The van der Waals surface area contributed by atoms with Gasteiger partial charge in [-0.05, 0) is 35.7 Å². The fourth-order valence-corrected chi connectivity index (χ4v) is 4.38. The van der Waals surface area contributed by atoms with E-state index in [0.717, 1.165) is 21.2 Å². The molecule has 0 bridgehead atoms. The fraction of sp³-hybridized carbons (Fsp3) is 0.105. The van der Waals surface area contributed by atoms with Crippen LogP contribution in [0.15, 0.2) is 68.2 Å². The standard InChI is InChI=1S/C19H14N2O3S3/c22-19(24-9-14-8-23-18(21-14)17-2-1-7-26-17)13-3-5-16(6-4-13)27-11-15-10-25-12-20-15/h1-8,10,12H,9,11H2. The molecule has 0 saturated heterocycles. The van der Waals surface area contributed by atoms with E-state index in [9.17, 15) is 4.79 Å². The highest BCUT2D eigenvalue weighted by atomic mass is 32.2. The number of benzene rings is 1. The van der Waals surface area contributed by atoms with E-state index in [2.05, 4.69) is 9.97 Å². The van der Waals surface area contributed by atoms with Crippen molar-refractivity contribution >= 4 is 40.4 Å². The third-order valence-electron chi connectivity index (χ3n) is 3.60. The highest BCUT2D eigenvalue weighted by molar-refractivity contribution is 7.98. The summed E-state index contributed by atoms with van der Waals surface area (Å²) in [6.07, 6.45) is 1.51. The Bertz CT molecular complexity index is 993. The van der Waals surface area contributed by atoms with Crippen molar-refractivity contribution in [1.82, 2.24) is 9.97 Å². The summed E-state index contributed by atoms with van der Waals surface area (Å²) in [4.78, 5) is 22.8. The van der Waals surface area contributed by atoms with E-state index in [0.29, 0.717) is 17.1 Å². The predicted octanol–water partition coefficient (Wildman–Crippen LogP) is 5.51. The lowest BCUT2D eigenvalue weighted by Gasteiger charge is -2.04. The van der Waals surface area contributed by atoms with Gasteiger partial charge in [0.15, 0.2) is 0 Å².